The van der Waals surface area contributed by atoms with Crippen molar-refractivity contribution in [2.75, 3.05) is 18.5 Å². The number of aromatic nitrogens is 1. The summed E-state index contributed by atoms with van der Waals surface area (Å²) in [6.07, 6.45) is 2.45. The van der Waals surface area contributed by atoms with Crippen molar-refractivity contribution in [3.05, 3.63) is 66.1 Å². The zero-order valence-electron chi connectivity index (χ0n) is 13.0. The molecular weight excluding hydrogens is 305 g/mol. The van der Waals surface area contributed by atoms with Gasteiger partial charge in [0.1, 0.15) is 17.1 Å². The molecule has 0 fully saturated rings. The van der Waals surface area contributed by atoms with Gasteiger partial charge in [0.2, 0.25) is 0 Å². The lowest BCUT2D eigenvalue weighted by Crippen LogP contribution is -2.08. The zero-order chi connectivity index (χ0) is 16.8. The first-order valence-corrected chi connectivity index (χ1v) is 7.68. The van der Waals surface area contributed by atoms with Crippen LogP contribution in [0.3, 0.4) is 0 Å². The van der Waals surface area contributed by atoms with Crippen molar-refractivity contribution >= 4 is 16.6 Å². The van der Waals surface area contributed by atoms with Crippen LogP contribution < -0.4 is 10.1 Å². The van der Waals surface area contributed by atoms with Crippen molar-refractivity contribution in [1.29, 1.82) is 5.26 Å². The van der Waals surface area contributed by atoms with E-state index in [4.69, 9.17) is 10.00 Å². The molecule has 0 aliphatic heterocycles. The Morgan fingerprint density at radius 1 is 1.17 bits per heavy atom. The van der Waals surface area contributed by atoms with E-state index in [0.29, 0.717) is 30.8 Å². The number of benzene rings is 2. The lowest BCUT2D eigenvalue weighted by Gasteiger charge is -2.10. The minimum absolute atomic E-state index is 0.310. The number of pyridine rings is 1. The molecule has 4 nitrogen and oxygen atoms in total. The fraction of sp³-hybridized carbons (Fsp3) is 0.158. The molecule has 24 heavy (non-hydrogen) atoms. The van der Waals surface area contributed by atoms with E-state index < -0.39 is 5.82 Å². The molecule has 1 heterocycles. The molecule has 0 amide bonds. The van der Waals surface area contributed by atoms with Crippen LogP contribution in [0.2, 0.25) is 0 Å². The fourth-order valence-electron chi connectivity index (χ4n) is 2.40. The Hall–Kier alpha value is -3.13. The van der Waals surface area contributed by atoms with E-state index in [-0.39, 0.29) is 0 Å². The maximum Gasteiger partial charge on any atom is 0.147 e. The second-order valence-corrected chi connectivity index (χ2v) is 5.27. The Morgan fingerprint density at radius 2 is 2.04 bits per heavy atom. The molecule has 0 spiro atoms. The third-order valence-electron chi connectivity index (χ3n) is 3.59. The number of para-hydroxylation sites is 1. The summed E-state index contributed by atoms with van der Waals surface area (Å²) in [5, 5.41) is 12.8. The molecule has 0 radical (unpaired) electrons. The highest BCUT2D eigenvalue weighted by molar-refractivity contribution is 5.84. The quantitative estimate of drug-likeness (QED) is 0.694. The van der Waals surface area contributed by atoms with Gasteiger partial charge in [0.05, 0.1) is 23.9 Å². The van der Waals surface area contributed by atoms with Gasteiger partial charge in [0, 0.05) is 18.1 Å². The first-order chi connectivity index (χ1) is 11.8. The van der Waals surface area contributed by atoms with Crippen LogP contribution in [0.1, 0.15) is 12.0 Å². The van der Waals surface area contributed by atoms with Crippen LogP contribution >= 0.6 is 0 Å². The highest BCUT2D eigenvalue weighted by Gasteiger charge is 2.04. The first kappa shape index (κ1) is 15.8. The number of nitrogens with one attached hydrogen (secondary N) is 1. The summed E-state index contributed by atoms with van der Waals surface area (Å²) in [6.45, 7) is 1.07. The molecule has 2 aromatic carbocycles. The largest absolute Gasteiger partial charge is 0.491 e. The molecule has 3 aromatic rings. The van der Waals surface area contributed by atoms with Crippen LogP contribution in [0.15, 0.2) is 54.7 Å². The van der Waals surface area contributed by atoms with Gasteiger partial charge in [-0.2, -0.15) is 5.26 Å². The number of rotatable bonds is 6. The van der Waals surface area contributed by atoms with Gasteiger partial charge in [0.25, 0.3) is 0 Å². The van der Waals surface area contributed by atoms with E-state index in [1.807, 2.05) is 36.4 Å². The highest BCUT2D eigenvalue weighted by atomic mass is 19.1. The smallest absolute Gasteiger partial charge is 0.147 e. The summed E-state index contributed by atoms with van der Waals surface area (Å²) in [6, 6.07) is 16.0. The van der Waals surface area contributed by atoms with Gasteiger partial charge in [-0.3, -0.25) is 4.98 Å². The monoisotopic (exact) mass is 321 g/mol. The van der Waals surface area contributed by atoms with E-state index in [2.05, 4.69) is 10.3 Å². The molecule has 1 aromatic heterocycles. The van der Waals surface area contributed by atoms with Crippen LogP contribution in [0.25, 0.3) is 10.9 Å². The minimum Gasteiger partial charge on any atom is -0.491 e. The molecule has 0 atom stereocenters. The van der Waals surface area contributed by atoms with Gasteiger partial charge in [-0.05, 0) is 36.8 Å². The Balaban J connectivity index is 1.51. The summed E-state index contributed by atoms with van der Waals surface area (Å²) in [4.78, 5) is 4.34. The van der Waals surface area contributed by atoms with Gasteiger partial charge in [0.15, 0.2) is 0 Å². The second kappa shape index (κ2) is 7.42. The van der Waals surface area contributed by atoms with E-state index >= 15 is 0 Å². The molecule has 120 valence electrons. The molecule has 3 rings (SSSR count). The second-order valence-electron chi connectivity index (χ2n) is 5.27. The number of hydrogen-bond donors (Lipinski definition) is 1. The van der Waals surface area contributed by atoms with Crippen molar-refractivity contribution in [3.8, 4) is 11.8 Å². The summed E-state index contributed by atoms with van der Waals surface area (Å²) < 4.78 is 19.5. The Kier molecular flexibility index (Phi) is 4.87. The molecule has 5 heteroatoms. The van der Waals surface area contributed by atoms with Crippen LogP contribution in [0.4, 0.5) is 10.1 Å². The number of ether oxygens (including phenoxy) is 1. The van der Waals surface area contributed by atoms with Crippen LogP contribution in [0.5, 0.6) is 5.75 Å². The maximum absolute atomic E-state index is 13.7. The number of halogens is 1. The van der Waals surface area contributed by atoms with E-state index in [0.717, 1.165) is 16.7 Å². The predicted molar refractivity (Wildman–Crippen MR) is 91.5 cm³/mol. The number of hydrogen-bond acceptors (Lipinski definition) is 4. The van der Waals surface area contributed by atoms with Crippen LogP contribution in [-0.4, -0.2) is 18.1 Å². The predicted octanol–water partition coefficient (Wildman–Crippen LogP) is 4.13. The van der Waals surface area contributed by atoms with Gasteiger partial charge in [-0.15, -0.1) is 0 Å². The average Bonchev–Trinajstić information content (AvgIpc) is 2.62. The lowest BCUT2D eigenvalue weighted by atomic mass is 10.2. The Morgan fingerprint density at radius 3 is 2.88 bits per heavy atom. The molecule has 0 aliphatic carbocycles. The normalized spacial score (nSPS) is 10.3. The fourth-order valence-corrected chi connectivity index (χ4v) is 2.40. The topological polar surface area (TPSA) is 57.9 Å². The minimum atomic E-state index is -0.423. The van der Waals surface area contributed by atoms with Crippen molar-refractivity contribution in [2.45, 2.75) is 6.42 Å². The molecule has 0 saturated carbocycles. The number of nitrogens with zero attached hydrogens (tertiary/aromatic N) is 2. The molecule has 0 aliphatic rings. The Labute approximate surface area is 139 Å². The molecule has 0 bridgehead atoms. The summed E-state index contributed by atoms with van der Waals surface area (Å²) in [7, 11) is 0. The van der Waals surface area contributed by atoms with Crippen LogP contribution in [0, 0.1) is 17.1 Å². The van der Waals surface area contributed by atoms with E-state index in [9.17, 15) is 4.39 Å². The number of anilines is 1. The lowest BCUT2D eigenvalue weighted by molar-refractivity contribution is 0.318. The van der Waals surface area contributed by atoms with Gasteiger partial charge in [-0.1, -0.05) is 18.2 Å². The van der Waals surface area contributed by atoms with Crippen LogP contribution in [-0.2, 0) is 0 Å². The Bertz CT molecular complexity index is 884. The third-order valence-corrected chi connectivity index (χ3v) is 3.59. The molecule has 0 unspecified atom stereocenters. The van der Waals surface area contributed by atoms with Gasteiger partial charge < -0.3 is 10.1 Å². The van der Waals surface area contributed by atoms with E-state index in [1.165, 1.54) is 6.07 Å². The van der Waals surface area contributed by atoms with Gasteiger partial charge in [-0.25, -0.2) is 4.39 Å². The molecule has 0 saturated heterocycles. The van der Waals surface area contributed by atoms with Crippen molar-refractivity contribution < 1.29 is 9.13 Å². The summed E-state index contributed by atoms with van der Waals surface area (Å²) in [5.74, 6) is 0.325. The summed E-state index contributed by atoms with van der Waals surface area (Å²) >= 11 is 0. The average molecular weight is 321 g/mol. The highest BCUT2D eigenvalue weighted by Crippen LogP contribution is 2.23. The third kappa shape index (κ3) is 3.61. The molecular formula is C19H16FN3O. The standard InChI is InChI=1S/C19H16FN3O/c20-16-12-14(13-21)7-8-17(16)22-10-3-11-24-18-6-1-4-15-5-2-9-23-19(15)18/h1-2,4-9,12,22H,3,10-11H2. The number of nitriles is 1. The van der Waals surface area contributed by atoms with Gasteiger partial charge >= 0.3 is 0 Å². The van der Waals surface area contributed by atoms with Crippen molar-refractivity contribution in [2.24, 2.45) is 0 Å². The summed E-state index contributed by atoms with van der Waals surface area (Å²) in [5.41, 5.74) is 1.54. The van der Waals surface area contributed by atoms with Crippen molar-refractivity contribution in [1.82, 2.24) is 4.98 Å². The molecule has 1 N–H and O–H groups in total. The maximum atomic E-state index is 13.7. The van der Waals surface area contributed by atoms with Crippen molar-refractivity contribution in [3.63, 3.8) is 0 Å². The SMILES string of the molecule is N#Cc1ccc(NCCCOc2cccc3cccnc23)c(F)c1. The van der Waals surface area contributed by atoms with E-state index in [1.54, 1.807) is 18.3 Å². The zero-order valence-corrected chi connectivity index (χ0v) is 13.0. The first-order valence-electron chi connectivity index (χ1n) is 7.68. The number of fused-ring (bicyclic) bond motifs is 1.